The van der Waals surface area contributed by atoms with Crippen molar-refractivity contribution in [2.24, 2.45) is 0 Å². The maximum atomic E-state index is 11.8. The average molecular weight is 290 g/mol. The monoisotopic (exact) mass is 290 g/mol. The lowest BCUT2D eigenvalue weighted by Crippen LogP contribution is -2.30. The van der Waals surface area contributed by atoms with Crippen molar-refractivity contribution >= 4 is 17.2 Å². The van der Waals surface area contributed by atoms with Crippen LogP contribution in [0.2, 0.25) is 0 Å². The fraction of sp³-hybridized carbons (Fsp3) is 0.333. The van der Waals surface area contributed by atoms with Crippen LogP contribution < -0.4 is 0 Å². The molecule has 2 aromatic rings. The topological polar surface area (TPSA) is 53.4 Å². The molecule has 0 saturated heterocycles. The molecule has 0 aliphatic rings. The molecular formula is C15H18N2O2S. The number of carbonyl (C=O) groups is 1. The Balaban J connectivity index is 1.94. The van der Waals surface area contributed by atoms with Gasteiger partial charge in [-0.1, -0.05) is 30.3 Å². The van der Waals surface area contributed by atoms with E-state index in [2.05, 4.69) is 17.1 Å². The summed E-state index contributed by atoms with van der Waals surface area (Å²) in [5.74, 6) is -0.0180. The molecule has 0 aliphatic carbocycles. The largest absolute Gasteiger partial charge is 0.395 e. The molecule has 1 aromatic heterocycles. The third kappa shape index (κ3) is 4.15. The molecule has 1 heterocycles. The molecule has 5 heteroatoms. The summed E-state index contributed by atoms with van der Waals surface area (Å²) in [6.45, 7) is 0.346. The summed E-state index contributed by atoms with van der Waals surface area (Å²) >= 11 is 1.58. The molecule has 106 valence electrons. The number of nitrogens with zero attached hydrogens (tertiary/aromatic N) is 2. The van der Waals surface area contributed by atoms with Gasteiger partial charge < -0.3 is 10.0 Å². The second-order valence-corrected chi connectivity index (χ2v) is 5.55. The third-order valence-electron chi connectivity index (χ3n) is 2.99. The molecule has 0 aliphatic heterocycles. The lowest BCUT2D eigenvalue weighted by molar-refractivity contribution is -0.129. The Labute approximate surface area is 122 Å². The number of carbonyl (C=O) groups excluding carboxylic acids is 1. The molecule has 0 atom stereocenters. The first kappa shape index (κ1) is 14.7. The van der Waals surface area contributed by atoms with E-state index in [-0.39, 0.29) is 12.5 Å². The lowest BCUT2D eigenvalue weighted by atomic mass is 10.2. The Morgan fingerprint density at radius 2 is 2.10 bits per heavy atom. The van der Waals surface area contributed by atoms with Crippen LogP contribution in [0.25, 0.3) is 0 Å². The van der Waals surface area contributed by atoms with Gasteiger partial charge in [0.25, 0.3) is 0 Å². The van der Waals surface area contributed by atoms with E-state index in [1.165, 1.54) is 10.5 Å². The van der Waals surface area contributed by atoms with E-state index in [4.69, 9.17) is 5.11 Å². The number of aliphatic hydroxyl groups excluding tert-OH is 1. The Kier molecular flexibility index (Phi) is 5.26. The van der Waals surface area contributed by atoms with Gasteiger partial charge in [-0.15, -0.1) is 11.3 Å². The van der Waals surface area contributed by atoms with Crippen LogP contribution in [0.3, 0.4) is 0 Å². The van der Waals surface area contributed by atoms with Crippen LogP contribution in [0.1, 0.15) is 16.3 Å². The number of hydrogen-bond acceptors (Lipinski definition) is 4. The highest BCUT2D eigenvalue weighted by atomic mass is 32.1. The van der Waals surface area contributed by atoms with E-state index in [9.17, 15) is 4.79 Å². The fourth-order valence-corrected chi connectivity index (χ4v) is 2.67. The van der Waals surface area contributed by atoms with Crippen molar-refractivity contribution in [3.63, 3.8) is 0 Å². The number of rotatable bonds is 6. The number of thiazole rings is 1. The highest BCUT2D eigenvalue weighted by Crippen LogP contribution is 2.15. The van der Waals surface area contributed by atoms with Crippen molar-refractivity contribution < 1.29 is 9.90 Å². The first-order valence-electron chi connectivity index (χ1n) is 6.51. The maximum absolute atomic E-state index is 11.8. The molecule has 2 rings (SSSR count). The number of aliphatic hydroxyl groups is 1. The second-order valence-electron chi connectivity index (χ2n) is 4.61. The van der Waals surface area contributed by atoms with Crippen molar-refractivity contribution in [3.8, 4) is 0 Å². The zero-order chi connectivity index (χ0) is 14.4. The van der Waals surface area contributed by atoms with Gasteiger partial charge in [0.1, 0.15) is 0 Å². The molecule has 4 nitrogen and oxygen atoms in total. The highest BCUT2D eigenvalue weighted by Gasteiger charge is 2.11. The molecule has 0 radical (unpaired) electrons. The maximum Gasteiger partial charge on any atom is 0.228 e. The van der Waals surface area contributed by atoms with Crippen LogP contribution >= 0.6 is 11.3 Å². The van der Waals surface area contributed by atoms with Crippen molar-refractivity contribution in [2.45, 2.75) is 12.8 Å². The molecule has 0 bridgehead atoms. The van der Waals surface area contributed by atoms with E-state index in [0.29, 0.717) is 13.0 Å². The summed E-state index contributed by atoms with van der Waals surface area (Å²) in [5.41, 5.74) is 2.02. The smallest absolute Gasteiger partial charge is 0.228 e. The standard InChI is InChI=1S/C15H18N2O2S/c1-17(7-8-18)15(19)10-13-11-20-14(16-13)9-12-5-3-2-4-6-12/h2-6,11,18H,7-10H2,1H3. The third-order valence-corrected chi connectivity index (χ3v) is 3.89. The van der Waals surface area contributed by atoms with Gasteiger partial charge in [-0.3, -0.25) is 4.79 Å². The van der Waals surface area contributed by atoms with Gasteiger partial charge in [-0.25, -0.2) is 4.98 Å². The quantitative estimate of drug-likeness (QED) is 0.881. The molecule has 1 amide bonds. The second kappa shape index (κ2) is 7.17. The van der Waals surface area contributed by atoms with Gasteiger partial charge in [0.05, 0.1) is 23.7 Å². The average Bonchev–Trinajstić information content (AvgIpc) is 2.87. The van der Waals surface area contributed by atoms with Gasteiger partial charge in [0, 0.05) is 25.4 Å². The van der Waals surface area contributed by atoms with Crippen molar-refractivity contribution in [1.82, 2.24) is 9.88 Å². The Bertz CT molecular complexity index is 554. The summed E-state index contributed by atoms with van der Waals surface area (Å²) in [6, 6.07) is 10.2. The predicted octanol–water partition coefficient (Wildman–Crippen LogP) is 1.73. The zero-order valence-electron chi connectivity index (χ0n) is 11.5. The molecular weight excluding hydrogens is 272 g/mol. The summed E-state index contributed by atoms with van der Waals surface area (Å²) in [7, 11) is 1.69. The number of likely N-dealkylation sites (N-methyl/N-ethyl adjacent to an activating group) is 1. The Morgan fingerprint density at radius 3 is 2.80 bits per heavy atom. The lowest BCUT2D eigenvalue weighted by Gasteiger charge is -2.14. The molecule has 0 spiro atoms. The Morgan fingerprint density at radius 1 is 1.35 bits per heavy atom. The summed E-state index contributed by atoms with van der Waals surface area (Å²) in [5, 5.41) is 11.8. The van der Waals surface area contributed by atoms with Crippen LogP contribution in [0.15, 0.2) is 35.7 Å². The molecule has 0 unspecified atom stereocenters. The van der Waals surface area contributed by atoms with E-state index < -0.39 is 0 Å². The van der Waals surface area contributed by atoms with Gasteiger partial charge in [-0.05, 0) is 5.56 Å². The highest BCUT2D eigenvalue weighted by molar-refractivity contribution is 7.09. The molecule has 0 fully saturated rings. The minimum absolute atomic E-state index is 0.0153. The minimum atomic E-state index is -0.0180. The van der Waals surface area contributed by atoms with Crippen LogP contribution in [-0.4, -0.2) is 41.1 Å². The molecule has 1 aromatic carbocycles. The normalized spacial score (nSPS) is 10.5. The van der Waals surface area contributed by atoms with Crippen molar-refractivity contribution in [3.05, 3.63) is 52.0 Å². The SMILES string of the molecule is CN(CCO)C(=O)Cc1csc(Cc2ccccc2)n1. The van der Waals surface area contributed by atoms with E-state index in [0.717, 1.165) is 17.1 Å². The fourth-order valence-electron chi connectivity index (χ4n) is 1.85. The van der Waals surface area contributed by atoms with Crippen LogP contribution in [0.5, 0.6) is 0 Å². The first-order valence-corrected chi connectivity index (χ1v) is 7.39. The summed E-state index contributed by atoms with van der Waals surface area (Å²) < 4.78 is 0. The summed E-state index contributed by atoms with van der Waals surface area (Å²) in [4.78, 5) is 17.9. The van der Waals surface area contributed by atoms with Crippen LogP contribution in [0.4, 0.5) is 0 Å². The van der Waals surface area contributed by atoms with E-state index in [1.54, 1.807) is 18.4 Å². The van der Waals surface area contributed by atoms with Crippen LogP contribution in [-0.2, 0) is 17.6 Å². The van der Waals surface area contributed by atoms with Crippen LogP contribution in [0, 0.1) is 0 Å². The number of hydrogen-bond donors (Lipinski definition) is 1. The first-order chi connectivity index (χ1) is 9.69. The predicted molar refractivity (Wildman–Crippen MR) is 79.8 cm³/mol. The molecule has 1 N–H and O–H groups in total. The van der Waals surface area contributed by atoms with E-state index >= 15 is 0 Å². The summed E-state index contributed by atoms with van der Waals surface area (Å²) in [6.07, 6.45) is 1.09. The van der Waals surface area contributed by atoms with Crippen molar-refractivity contribution in [1.29, 1.82) is 0 Å². The molecule has 0 saturated carbocycles. The number of benzene rings is 1. The Hall–Kier alpha value is -1.72. The van der Waals surface area contributed by atoms with Crippen molar-refractivity contribution in [2.75, 3.05) is 20.2 Å². The van der Waals surface area contributed by atoms with Gasteiger partial charge in [0.15, 0.2) is 0 Å². The zero-order valence-corrected chi connectivity index (χ0v) is 12.3. The number of amides is 1. The minimum Gasteiger partial charge on any atom is -0.395 e. The molecule has 20 heavy (non-hydrogen) atoms. The van der Waals surface area contributed by atoms with E-state index in [1.807, 2.05) is 23.6 Å². The van der Waals surface area contributed by atoms with Gasteiger partial charge in [-0.2, -0.15) is 0 Å². The number of aromatic nitrogens is 1. The van der Waals surface area contributed by atoms with Gasteiger partial charge >= 0.3 is 0 Å². The van der Waals surface area contributed by atoms with Gasteiger partial charge in [0.2, 0.25) is 5.91 Å².